The molecule has 0 fully saturated rings. The van der Waals surface area contributed by atoms with E-state index in [0.29, 0.717) is 19.3 Å². The Balaban J connectivity index is 2.06. The molecule has 0 heterocycles. The van der Waals surface area contributed by atoms with Gasteiger partial charge in [-0.1, -0.05) is 101 Å². The maximum absolute atomic E-state index is 13.9. The first-order valence-electron chi connectivity index (χ1n) is 20.3. The minimum Gasteiger partial charge on any atom is -0.445 e. The number of hydrogen-bond acceptors (Lipinski definition) is 9. The van der Waals surface area contributed by atoms with Crippen LogP contribution in [0.5, 0.6) is 0 Å². The highest BCUT2D eigenvalue weighted by Gasteiger charge is 2.34. The van der Waals surface area contributed by atoms with Crippen LogP contribution in [0.2, 0.25) is 0 Å². The highest BCUT2D eigenvalue weighted by molar-refractivity contribution is 5.95. The first kappa shape index (κ1) is 50.0. The zero-order valence-electron chi connectivity index (χ0n) is 35.9. The van der Waals surface area contributed by atoms with E-state index in [0.717, 1.165) is 11.1 Å². The van der Waals surface area contributed by atoms with Crippen molar-refractivity contribution in [1.82, 2.24) is 37.2 Å². The molecule has 5 atom stereocenters. The van der Waals surface area contributed by atoms with Crippen LogP contribution >= 0.6 is 0 Å². The molecule has 0 saturated carbocycles. The number of carbonyl (C=O) groups excluding carboxylic acids is 7. The van der Waals surface area contributed by atoms with Gasteiger partial charge in [-0.25, -0.2) is 9.59 Å². The standard InChI is InChI=1S/C44H63N7O9/c1-9-24-45-38(53)33(23-17-18-25-46-42(57)59-28-32-21-15-12-16-22-32)48-35(52)27-47-40(55)36(29(3)4)50-39(54)34(26-31-19-13-11-14-20-31)49-41(56)37(30(5)10-2)51-43(58)60-44(6,7)8/h1,11-16,19-22,29-30,33-34,36-37H,10,17-18,23-28H2,2-8H3,(H,45,53)(H,46,57)(H,47,55)(H,48,52)(H,49,56)(H,50,54)(H,51,58)/t30-,33-,34-,36-,37-/m0/s1. The molecule has 2 rings (SSSR count). The predicted octanol–water partition coefficient (Wildman–Crippen LogP) is 3.24. The number of hydrogen-bond donors (Lipinski definition) is 7. The maximum Gasteiger partial charge on any atom is 0.408 e. The van der Waals surface area contributed by atoms with Crippen molar-refractivity contribution in [2.24, 2.45) is 11.8 Å². The molecule has 2 aromatic carbocycles. The molecule has 16 nitrogen and oxygen atoms in total. The van der Waals surface area contributed by atoms with Gasteiger partial charge in [0.2, 0.25) is 29.5 Å². The Morgan fingerprint density at radius 1 is 0.683 bits per heavy atom. The highest BCUT2D eigenvalue weighted by Crippen LogP contribution is 2.13. The van der Waals surface area contributed by atoms with Gasteiger partial charge in [0.25, 0.3) is 0 Å². The molecule has 0 radical (unpaired) electrons. The molecule has 0 aliphatic carbocycles. The molecule has 0 saturated heterocycles. The van der Waals surface area contributed by atoms with E-state index in [1.54, 1.807) is 65.8 Å². The third-order valence-electron chi connectivity index (χ3n) is 9.17. The van der Waals surface area contributed by atoms with Crippen molar-refractivity contribution in [2.45, 2.75) is 117 Å². The smallest absolute Gasteiger partial charge is 0.408 e. The number of ether oxygens (including phenoxy) is 2. The number of rotatable bonds is 23. The van der Waals surface area contributed by atoms with Crippen LogP contribution in [0, 0.1) is 24.2 Å². The van der Waals surface area contributed by atoms with E-state index in [-0.39, 0.29) is 38.5 Å². The Labute approximate surface area is 353 Å². The SMILES string of the molecule is C#CCNC(=O)[C@H](CCCCNC(=O)OCc1ccccc1)NC(=O)CNC(=O)[C@@H](NC(=O)[C@H](Cc1ccccc1)NC(=O)[C@@H](NC(=O)OC(C)(C)C)[C@@H](C)CC)C(C)C. The number of unbranched alkanes of at least 4 members (excludes halogenated alkanes) is 1. The molecule has 0 bridgehead atoms. The van der Waals surface area contributed by atoms with Crippen molar-refractivity contribution in [1.29, 1.82) is 0 Å². The van der Waals surface area contributed by atoms with Crippen molar-refractivity contribution in [2.75, 3.05) is 19.6 Å². The van der Waals surface area contributed by atoms with Crippen LogP contribution in [0.4, 0.5) is 9.59 Å². The lowest BCUT2D eigenvalue weighted by Gasteiger charge is -2.29. The molecule has 0 aromatic heterocycles. The summed E-state index contributed by atoms with van der Waals surface area (Å²) in [5.74, 6) is -1.56. The summed E-state index contributed by atoms with van der Waals surface area (Å²) in [7, 11) is 0. The Kier molecular flexibility index (Phi) is 21.8. The topological polar surface area (TPSA) is 222 Å². The average molecular weight is 834 g/mol. The van der Waals surface area contributed by atoms with Gasteiger partial charge in [0.05, 0.1) is 13.1 Å². The molecule has 328 valence electrons. The van der Waals surface area contributed by atoms with Crippen molar-refractivity contribution < 1.29 is 43.0 Å². The summed E-state index contributed by atoms with van der Waals surface area (Å²) < 4.78 is 10.6. The second kappa shape index (κ2) is 26.1. The normalized spacial score (nSPS) is 13.4. The fraction of sp³-hybridized carbons (Fsp3) is 0.523. The van der Waals surface area contributed by atoms with Crippen LogP contribution in [0.25, 0.3) is 0 Å². The Morgan fingerprint density at radius 3 is 1.90 bits per heavy atom. The van der Waals surface area contributed by atoms with Gasteiger partial charge in [-0.2, -0.15) is 0 Å². The van der Waals surface area contributed by atoms with Crippen LogP contribution < -0.4 is 37.2 Å². The quantitative estimate of drug-likeness (QED) is 0.0645. The number of carbonyl (C=O) groups is 7. The second-order valence-electron chi connectivity index (χ2n) is 15.7. The second-order valence-corrected chi connectivity index (χ2v) is 15.7. The first-order valence-corrected chi connectivity index (χ1v) is 20.3. The van der Waals surface area contributed by atoms with Crippen LogP contribution in [0.1, 0.15) is 85.3 Å². The lowest BCUT2D eigenvalue weighted by Crippen LogP contribution is -2.59. The Morgan fingerprint density at radius 2 is 1.32 bits per heavy atom. The van der Waals surface area contributed by atoms with Gasteiger partial charge in [-0.05, 0) is 63.0 Å². The van der Waals surface area contributed by atoms with E-state index in [1.165, 1.54) is 0 Å². The summed E-state index contributed by atoms with van der Waals surface area (Å²) in [5, 5.41) is 18.5. The molecular formula is C44H63N7O9. The number of terminal acetylenes is 1. The number of alkyl carbamates (subject to hydrolysis) is 2. The summed E-state index contributed by atoms with van der Waals surface area (Å²) in [6.45, 7) is 12.0. The number of amides is 7. The lowest BCUT2D eigenvalue weighted by atomic mass is 9.97. The van der Waals surface area contributed by atoms with E-state index in [4.69, 9.17) is 15.9 Å². The summed E-state index contributed by atoms with van der Waals surface area (Å²) in [6, 6.07) is 13.9. The molecule has 0 spiro atoms. The molecule has 16 heteroatoms. The molecule has 7 N–H and O–H groups in total. The molecule has 0 unspecified atom stereocenters. The van der Waals surface area contributed by atoms with E-state index < -0.39 is 84.0 Å². The van der Waals surface area contributed by atoms with Gasteiger partial charge in [0.15, 0.2) is 0 Å². The first-order chi connectivity index (χ1) is 28.4. The zero-order valence-corrected chi connectivity index (χ0v) is 35.9. The fourth-order valence-electron chi connectivity index (χ4n) is 5.74. The third kappa shape index (κ3) is 19.6. The number of nitrogens with one attached hydrogen (secondary N) is 7. The fourth-order valence-corrected chi connectivity index (χ4v) is 5.74. The van der Waals surface area contributed by atoms with Crippen molar-refractivity contribution in [3.63, 3.8) is 0 Å². The van der Waals surface area contributed by atoms with Crippen molar-refractivity contribution in [3.05, 3.63) is 71.8 Å². The predicted molar refractivity (Wildman–Crippen MR) is 227 cm³/mol. The summed E-state index contributed by atoms with van der Waals surface area (Å²) in [5.41, 5.74) is 0.780. The van der Waals surface area contributed by atoms with Crippen LogP contribution in [-0.2, 0) is 46.5 Å². The molecule has 0 aliphatic rings. The van der Waals surface area contributed by atoms with Gasteiger partial charge in [0.1, 0.15) is 36.4 Å². The summed E-state index contributed by atoms with van der Waals surface area (Å²) >= 11 is 0. The number of benzene rings is 2. The largest absolute Gasteiger partial charge is 0.445 e. The van der Waals surface area contributed by atoms with Gasteiger partial charge in [-0.3, -0.25) is 24.0 Å². The minimum atomic E-state index is -1.15. The van der Waals surface area contributed by atoms with Gasteiger partial charge < -0.3 is 46.7 Å². The van der Waals surface area contributed by atoms with E-state index in [1.807, 2.05) is 43.3 Å². The molecule has 7 amide bonds. The highest BCUT2D eigenvalue weighted by atomic mass is 16.6. The van der Waals surface area contributed by atoms with E-state index in [2.05, 4.69) is 43.1 Å². The minimum absolute atomic E-state index is 0.0588. The van der Waals surface area contributed by atoms with Gasteiger partial charge in [0, 0.05) is 13.0 Å². The Bertz CT molecular complexity index is 1740. The molecule has 0 aliphatic heterocycles. The zero-order chi connectivity index (χ0) is 44.7. The van der Waals surface area contributed by atoms with Crippen LogP contribution in [-0.4, -0.2) is 91.1 Å². The van der Waals surface area contributed by atoms with Crippen LogP contribution in [0.3, 0.4) is 0 Å². The Hall–Kier alpha value is -6.11. The van der Waals surface area contributed by atoms with Gasteiger partial charge >= 0.3 is 12.2 Å². The molecule has 60 heavy (non-hydrogen) atoms. The monoisotopic (exact) mass is 833 g/mol. The van der Waals surface area contributed by atoms with Crippen molar-refractivity contribution >= 4 is 41.7 Å². The maximum atomic E-state index is 13.9. The molecule has 2 aromatic rings. The van der Waals surface area contributed by atoms with E-state index in [9.17, 15) is 33.6 Å². The van der Waals surface area contributed by atoms with Crippen LogP contribution in [0.15, 0.2) is 60.7 Å². The van der Waals surface area contributed by atoms with E-state index >= 15 is 0 Å². The summed E-state index contributed by atoms with van der Waals surface area (Å²) in [4.78, 5) is 91.8. The average Bonchev–Trinajstić information content (AvgIpc) is 3.20. The van der Waals surface area contributed by atoms with Gasteiger partial charge in [-0.15, -0.1) is 6.42 Å². The summed E-state index contributed by atoms with van der Waals surface area (Å²) in [6.07, 6.45) is 5.68. The van der Waals surface area contributed by atoms with Crippen molar-refractivity contribution in [3.8, 4) is 12.3 Å². The lowest BCUT2D eigenvalue weighted by molar-refractivity contribution is -0.134. The third-order valence-corrected chi connectivity index (χ3v) is 9.17. The molecular weight excluding hydrogens is 771 g/mol.